The fourth-order valence-corrected chi connectivity index (χ4v) is 2.64. The standard InChI is InChI=1S/C10H18N2S2/c1-7(2)9(11)4-8-5-14-10(12-8)6-13-3/h5,7,9H,4,6,11H2,1-3H3. The fourth-order valence-electron chi connectivity index (χ4n) is 1.11. The average molecular weight is 230 g/mol. The Morgan fingerprint density at radius 3 is 2.86 bits per heavy atom. The van der Waals surface area contributed by atoms with Gasteiger partial charge in [0.05, 0.1) is 5.69 Å². The highest BCUT2D eigenvalue weighted by Crippen LogP contribution is 2.16. The van der Waals surface area contributed by atoms with Crippen LogP contribution in [0.25, 0.3) is 0 Å². The number of hydrogen-bond donors (Lipinski definition) is 1. The van der Waals surface area contributed by atoms with Crippen LogP contribution in [0.5, 0.6) is 0 Å². The monoisotopic (exact) mass is 230 g/mol. The van der Waals surface area contributed by atoms with E-state index in [1.54, 1.807) is 11.3 Å². The largest absolute Gasteiger partial charge is 0.327 e. The molecule has 80 valence electrons. The smallest absolute Gasteiger partial charge is 0.103 e. The summed E-state index contributed by atoms with van der Waals surface area (Å²) in [6.07, 6.45) is 3.00. The van der Waals surface area contributed by atoms with Gasteiger partial charge in [-0.3, -0.25) is 0 Å². The van der Waals surface area contributed by atoms with Crippen LogP contribution in [-0.2, 0) is 12.2 Å². The SMILES string of the molecule is CSCc1nc(CC(N)C(C)C)cs1. The molecule has 0 radical (unpaired) electrons. The molecule has 1 rings (SSSR count). The van der Waals surface area contributed by atoms with Gasteiger partial charge in [0.15, 0.2) is 0 Å². The number of aromatic nitrogens is 1. The van der Waals surface area contributed by atoms with Crippen LogP contribution < -0.4 is 5.73 Å². The van der Waals surface area contributed by atoms with Crippen molar-refractivity contribution in [2.24, 2.45) is 11.7 Å². The van der Waals surface area contributed by atoms with E-state index in [1.807, 2.05) is 11.8 Å². The van der Waals surface area contributed by atoms with Crippen LogP contribution in [0.4, 0.5) is 0 Å². The van der Waals surface area contributed by atoms with Crippen molar-refractivity contribution < 1.29 is 0 Å². The molecule has 0 spiro atoms. The second kappa shape index (κ2) is 5.73. The summed E-state index contributed by atoms with van der Waals surface area (Å²) in [5, 5.41) is 3.34. The Bertz CT molecular complexity index is 271. The van der Waals surface area contributed by atoms with Crippen molar-refractivity contribution in [3.05, 3.63) is 16.1 Å². The van der Waals surface area contributed by atoms with E-state index in [4.69, 9.17) is 5.73 Å². The van der Waals surface area contributed by atoms with Gasteiger partial charge in [0.2, 0.25) is 0 Å². The number of thioether (sulfide) groups is 1. The molecule has 0 bridgehead atoms. The van der Waals surface area contributed by atoms with Gasteiger partial charge in [-0.05, 0) is 12.2 Å². The molecule has 0 saturated heterocycles. The molecule has 0 aliphatic carbocycles. The van der Waals surface area contributed by atoms with Gasteiger partial charge < -0.3 is 5.73 Å². The molecule has 1 aromatic rings. The molecule has 0 aliphatic rings. The summed E-state index contributed by atoms with van der Waals surface area (Å²) in [6, 6.07) is 0.235. The lowest BCUT2D eigenvalue weighted by Crippen LogP contribution is -2.28. The first-order valence-corrected chi connectivity index (χ1v) is 7.08. The molecule has 1 atom stereocenters. The molecule has 1 unspecified atom stereocenters. The van der Waals surface area contributed by atoms with Gasteiger partial charge in [-0.25, -0.2) is 4.98 Å². The highest BCUT2D eigenvalue weighted by molar-refractivity contribution is 7.97. The predicted octanol–water partition coefficient (Wildman–Crippen LogP) is 2.53. The number of hydrogen-bond acceptors (Lipinski definition) is 4. The number of thiazole rings is 1. The van der Waals surface area contributed by atoms with Crippen LogP contribution >= 0.6 is 23.1 Å². The highest BCUT2D eigenvalue weighted by Gasteiger charge is 2.10. The van der Waals surface area contributed by atoms with E-state index >= 15 is 0 Å². The van der Waals surface area contributed by atoms with E-state index in [0.717, 1.165) is 17.9 Å². The summed E-state index contributed by atoms with van der Waals surface area (Å²) in [5.41, 5.74) is 7.14. The summed E-state index contributed by atoms with van der Waals surface area (Å²) < 4.78 is 0. The van der Waals surface area contributed by atoms with Crippen molar-refractivity contribution in [3.63, 3.8) is 0 Å². The molecule has 1 aromatic heterocycles. The first kappa shape index (κ1) is 12.0. The highest BCUT2D eigenvalue weighted by atomic mass is 32.2. The summed E-state index contributed by atoms with van der Waals surface area (Å²) in [5.74, 6) is 1.54. The Hall–Kier alpha value is -0.0600. The van der Waals surface area contributed by atoms with Crippen LogP contribution in [0, 0.1) is 5.92 Å². The van der Waals surface area contributed by atoms with Gasteiger partial charge in [-0.1, -0.05) is 13.8 Å². The summed E-state index contributed by atoms with van der Waals surface area (Å²) >= 11 is 3.55. The summed E-state index contributed by atoms with van der Waals surface area (Å²) in [4.78, 5) is 4.54. The Kier molecular flexibility index (Phi) is 4.92. The van der Waals surface area contributed by atoms with Crippen molar-refractivity contribution in [1.29, 1.82) is 0 Å². The Morgan fingerprint density at radius 1 is 1.57 bits per heavy atom. The van der Waals surface area contributed by atoms with Crippen molar-refractivity contribution in [2.75, 3.05) is 6.26 Å². The topological polar surface area (TPSA) is 38.9 Å². The van der Waals surface area contributed by atoms with E-state index in [9.17, 15) is 0 Å². The molecule has 0 aliphatic heterocycles. The number of nitrogens with two attached hydrogens (primary N) is 1. The predicted molar refractivity (Wildman–Crippen MR) is 65.9 cm³/mol. The minimum absolute atomic E-state index is 0.235. The minimum atomic E-state index is 0.235. The van der Waals surface area contributed by atoms with E-state index in [2.05, 4.69) is 30.5 Å². The lowest BCUT2D eigenvalue weighted by molar-refractivity contribution is 0.487. The van der Waals surface area contributed by atoms with E-state index in [1.165, 1.54) is 5.01 Å². The zero-order valence-electron chi connectivity index (χ0n) is 8.99. The first-order chi connectivity index (χ1) is 6.63. The summed E-state index contributed by atoms with van der Waals surface area (Å²) in [7, 11) is 0. The van der Waals surface area contributed by atoms with Crippen molar-refractivity contribution in [2.45, 2.75) is 32.1 Å². The fraction of sp³-hybridized carbons (Fsp3) is 0.700. The molecule has 1 heterocycles. The van der Waals surface area contributed by atoms with E-state index < -0.39 is 0 Å². The van der Waals surface area contributed by atoms with Gasteiger partial charge in [0.25, 0.3) is 0 Å². The third-order valence-electron chi connectivity index (χ3n) is 2.17. The molecule has 14 heavy (non-hydrogen) atoms. The minimum Gasteiger partial charge on any atom is -0.327 e. The van der Waals surface area contributed by atoms with Crippen LogP contribution in [-0.4, -0.2) is 17.3 Å². The van der Waals surface area contributed by atoms with E-state index in [0.29, 0.717) is 5.92 Å². The maximum atomic E-state index is 5.99. The molecule has 2 nitrogen and oxygen atoms in total. The lowest BCUT2D eigenvalue weighted by Gasteiger charge is -2.13. The number of rotatable bonds is 5. The maximum absolute atomic E-state index is 5.99. The van der Waals surface area contributed by atoms with Crippen LogP contribution in [0.2, 0.25) is 0 Å². The molecular weight excluding hydrogens is 212 g/mol. The average Bonchev–Trinajstić information content (AvgIpc) is 2.53. The van der Waals surface area contributed by atoms with Crippen LogP contribution in [0.3, 0.4) is 0 Å². The molecule has 0 fully saturated rings. The lowest BCUT2D eigenvalue weighted by atomic mass is 10.0. The maximum Gasteiger partial charge on any atom is 0.103 e. The van der Waals surface area contributed by atoms with Gasteiger partial charge in [-0.2, -0.15) is 11.8 Å². The van der Waals surface area contributed by atoms with Crippen molar-refractivity contribution in [3.8, 4) is 0 Å². The Balaban J connectivity index is 2.50. The molecule has 0 amide bonds. The second-order valence-corrected chi connectivity index (χ2v) is 5.59. The van der Waals surface area contributed by atoms with Gasteiger partial charge in [-0.15, -0.1) is 11.3 Å². The summed E-state index contributed by atoms with van der Waals surface area (Å²) in [6.45, 7) is 4.31. The van der Waals surface area contributed by atoms with Gasteiger partial charge in [0.1, 0.15) is 5.01 Å². The third-order valence-corrected chi connectivity index (χ3v) is 3.81. The van der Waals surface area contributed by atoms with Crippen LogP contribution in [0.1, 0.15) is 24.5 Å². The molecule has 0 saturated carbocycles. The molecule has 4 heteroatoms. The van der Waals surface area contributed by atoms with Crippen molar-refractivity contribution in [1.82, 2.24) is 4.98 Å². The zero-order valence-corrected chi connectivity index (χ0v) is 10.6. The third kappa shape index (κ3) is 3.59. The zero-order chi connectivity index (χ0) is 10.6. The molecular formula is C10H18N2S2. The quantitative estimate of drug-likeness (QED) is 0.845. The number of nitrogens with zero attached hydrogens (tertiary/aromatic N) is 1. The van der Waals surface area contributed by atoms with Crippen molar-refractivity contribution >= 4 is 23.1 Å². The van der Waals surface area contributed by atoms with Gasteiger partial charge >= 0.3 is 0 Å². The molecule has 0 aromatic carbocycles. The van der Waals surface area contributed by atoms with Crippen LogP contribution in [0.15, 0.2) is 5.38 Å². The first-order valence-electron chi connectivity index (χ1n) is 4.81. The molecule has 2 N–H and O–H groups in total. The van der Waals surface area contributed by atoms with Gasteiger partial charge in [0, 0.05) is 23.6 Å². The second-order valence-electron chi connectivity index (χ2n) is 3.78. The van der Waals surface area contributed by atoms with E-state index in [-0.39, 0.29) is 6.04 Å². The Labute approximate surface area is 94.3 Å². The normalized spacial score (nSPS) is 13.5. The Morgan fingerprint density at radius 2 is 2.29 bits per heavy atom.